The Labute approximate surface area is 321 Å². The second-order valence-corrected chi connectivity index (χ2v) is 16.2. The summed E-state index contributed by atoms with van der Waals surface area (Å²) in [5.41, 5.74) is 5.22. The number of carbonyl (C=O) groups is 1. The van der Waals surface area contributed by atoms with Gasteiger partial charge in [-0.2, -0.15) is 5.26 Å². The molecule has 11 rings (SSSR count). The van der Waals surface area contributed by atoms with Gasteiger partial charge in [-0.15, -0.1) is 0 Å². The number of carbonyl (C=O) groups excluding carboxylic acids is 1. The van der Waals surface area contributed by atoms with Crippen molar-refractivity contribution >= 4 is 61.8 Å². The highest BCUT2D eigenvalue weighted by atomic mass is 35.5. The van der Waals surface area contributed by atoms with E-state index in [2.05, 4.69) is 22.0 Å². The van der Waals surface area contributed by atoms with E-state index in [1.165, 1.54) is 0 Å². The van der Waals surface area contributed by atoms with Crippen molar-refractivity contribution < 1.29 is 13.9 Å². The summed E-state index contributed by atoms with van der Waals surface area (Å²) in [5, 5.41) is 16.6. The Morgan fingerprint density at radius 1 is 1.06 bits per heavy atom. The van der Waals surface area contributed by atoms with Gasteiger partial charge in [-0.3, -0.25) is 4.79 Å². The number of benzene rings is 3. The van der Waals surface area contributed by atoms with Crippen LogP contribution in [0.4, 0.5) is 4.39 Å². The molecule has 54 heavy (non-hydrogen) atoms. The van der Waals surface area contributed by atoms with E-state index in [1.807, 2.05) is 54.3 Å². The number of fused-ring (bicyclic) bond motifs is 5. The van der Waals surface area contributed by atoms with Crippen LogP contribution in [-0.4, -0.2) is 50.6 Å². The lowest BCUT2D eigenvalue weighted by Crippen LogP contribution is -2.41. The molecule has 5 fully saturated rings. The average Bonchev–Trinajstić information content (AvgIpc) is 3.45. The third-order valence-corrected chi connectivity index (χ3v) is 12.9. The summed E-state index contributed by atoms with van der Waals surface area (Å²) in [6, 6.07) is 23.7. The second-order valence-electron chi connectivity index (χ2n) is 15.4. The van der Waals surface area contributed by atoms with Gasteiger partial charge in [-0.05, 0) is 74.4 Å². The minimum absolute atomic E-state index is 0.0298. The zero-order valence-corrected chi connectivity index (χ0v) is 31.2. The van der Waals surface area contributed by atoms with Crippen LogP contribution < -0.4 is 10.1 Å². The number of aryl methyl sites for hydroxylation is 2. The summed E-state index contributed by atoms with van der Waals surface area (Å²) in [6.45, 7) is 3.29. The number of para-hydroxylation sites is 1. The lowest BCUT2D eigenvalue weighted by atomic mass is 9.79. The van der Waals surface area contributed by atoms with Crippen LogP contribution in [0, 0.1) is 35.9 Å². The molecule has 272 valence electrons. The first kappa shape index (κ1) is 33.8. The number of rotatable bonds is 8. The molecular weight excluding hydrogens is 722 g/mol. The molecule has 0 radical (unpaired) electrons. The number of hydrogen-bond acceptors (Lipinski definition) is 6. The van der Waals surface area contributed by atoms with Gasteiger partial charge in [0.1, 0.15) is 11.6 Å². The summed E-state index contributed by atoms with van der Waals surface area (Å²) in [4.78, 5) is 25.9. The molecule has 5 atom stereocenters. The first-order valence-corrected chi connectivity index (χ1v) is 19.6. The maximum absolute atomic E-state index is 17.2. The molecule has 2 bridgehead atoms. The van der Waals surface area contributed by atoms with Crippen LogP contribution in [0.25, 0.3) is 43.8 Å². The minimum atomic E-state index is -0.485. The number of pyridine rings is 2. The van der Waals surface area contributed by atoms with Crippen molar-refractivity contribution in [3.8, 4) is 23.1 Å². The number of nitrogens with one attached hydrogen (secondary N) is 1. The van der Waals surface area contributed by atoms with E-state index >= 15 is 4.39 Å². The largest absolute Gasteiger partial charge is 0.472 e. The van der Waals surface area contributed by atoms with E-state index in [0.29, 0.717) is 64.0 Å². The van der Waals surface area contributed by atoms with Crippen molar-refractivity contribution in [1.29, 1.82) is 5.26 Å². The number of amides is 1. The highest BCUT2D eigenvalue weighted by molar-refractivity contribution is 6.43. The monoisotopic (exact) mass is 758 g/mol. The van der Waals surface area contributed by atoms with Gasteiger partial charge < -0.3 is 19.5 Å². The van der Waals surface area contributed by atoms with Gasteiger partial charge in [0.25, 0.3) is 0 Å². The Balaban J connectivity index is 1.16. The minimum Gasteiger partial charge on any atom is -0.472 e. The second kappa shape index (κ2) is 12.9. The molecule has 8 nitrogen and oxygen atoms in total. The van der Waals surface area contributed by atoms with Gasteiger partial charge in [0.05, 0.1) is 45.8 Å². The molecule has 3 aromatic heterocycles. The fraction of sp³-hybridized carbons (Fsp3) is 0.349. The molecule has 11 heteroatoms. The van der Waals surface area contributed by atoms with Gasteiger partial charge in [0.15, 0.2) is 5.82 Å². The van der Waals surface area contributed by atoms with Gasteiger partial charge in [-0.25, -0.2) is 14.4 Å². The maximum Gasteiger partial charge on any atom is 0.226 e. The molecule has 0 spiro atoms. The maximum atomic E-state index is 17.2. The van der Waals surface area contributed by atoms with Crippen molar-refractivity contribution in [3.63, 3.8) is 0 Å². The van der Waals surface area contributed by atoms with Gasteiger partial charge >= 0.3 is 0 Å². The number of ether oxygens (including phenoxy) is 1. The van der Waals surface area contributed by atoms with Crippen LogP contribution in [0.3, 0.4) is 0 Å². The van der Waals surface area contributed by atoms with Crippen molar-refractivity contribution in [2.24, 2.45) is 11.8 Å². The number of halogens is 3. The van der Waals surface area contributed by atoms with E-state index in [0.717, 1.165) is 53.3 Å². The number of nitrogens with zero attached hydrogens (tertiary/aromatic N) is 5. The van der Waals surface area contributed by atoms with E-state index in [1.54, 1.807) is 18.2 Å². The van der Waals surface area contributed by atoms with Crippen LogP contribution in [0.1, 0.15) is 61.1 Å². The highest BCUT2D eigenvalue weighted by Crippen LogP contribution is 2.51. The smallest absolute Gasteiger partial charge is 0.226 e. The highest BCUT2D eigenvalue weighted by Gasteiger charge is 2.51. The quantitative estimate of drug-likeness (QED) is 0.166. The number of likely N-dealkylation sites (tertiary alicyclic amines) is 1. The zero-order valence-electron chi connectivity index (χ0n) is 29.7. The topological polar surface area (TPSA) is 96.1 Å². The third kappa shape index (κ3) is 5.37. The number of nitriles is 1. The first-order valence-electron chi connectivity index (χ1n) is 18.8. The Hall–Kier alpha value is -4.75. The van der Waals surface area contributed by atoms with Crippen LogP contribution in [-0.2, 0) is 11.2 Å². The average molecular weight is 760 g/mol. The molecule has 3 aromatic carbocycles. The van der Waals surface area contributed by atoms with Gasteiger partial charge in [-0.1, -0.05) is 53.5 Å². The van der Waals surface area contributed by atoms with E-state index in [4.69, 9.17) is 37.9 Å². The Morgan fingerprint density at radius 2 is 1.91 bits per heavy atom. The SMILES string of the molecule is Cc1nc2c(F)c(-c3cccc(Cl)c3Cl)c(CCC#N)cc2c2c1cc(C1CC(Oc3ccc4ccccc4n3)CN1C(=O)C1CC1)n2C1C2CNC1C2. The van der Waals surface area contributed by atoms with Crippen LogP contribution in [0.2, 0.25) is 10.0 Å². The molecule has 3 saturated heterocycles. The predicted octanol–water partition coefficient (Wildman–Crippen LogP) is 9.28. The number of hydrogen-bond donors (Lipinski definition) is 1. The summed E-state index contributed by atoms with van der Waals surface area (Å²) in [7, 11) is 0. The Kier molecular flexibility index (Phi) is 8.10. The lowest BCUT2D eigenvalue weighted by Gasteiger charge is -2.39. The fourth-order valence-electron chi connectivity index (χ4n) is 9.35. The molecule has 1 N–H and O–H groups in total. The summed E-state index contributed by atoms with van der Waals surface area (Å²) >= 11 is 13.1. The summed E-state index contributed by atoms with van der Waals surface area (Å²) < 4.78 is 26.2. The van der Waals surface area contributed by atoms with Crippen LogP contribution in [0.15, 0.2) is 66.7 Å². The summed E-state index contributed by atoms with van der Waals surface area (Å²) in [6.07, 6.45) is 3.74. The van der Waals surface area contributed by atoms with Crippen molar-refractivity contribution in [1.82, 2.24) is 24.8 Å². The molecule has 1 amide bonds. The number of aromatic nitrogens is 3. The summed E-state index contributed by atoms with van der Waals surface area (Å²) in [5.74, 6) is 0.658. The normalized spacial score (nSPS) is 23.3. The molecule has 5 aliphatic rings. The lowest BCUT2D eigenvalue weighted by molar-refractivity contribution is -0.133. The standard InChI is InChI=1S/C43H37Cl2FN6O2/c1-22-29-19-35(34-18-27(21-51(34)43(53)24-11-12-24)54-36-14-13-23-6-2-3-10-32(23)50-36)52(41-26-17-33(41)48-20-26)42(29)30-16-25(7-5-15-47)37(39(46)40(30)49-22)28-8-4-9-31(44)38(28)45/h2-4,6,8-10,13-14,16,19,24,26-27,33-34,41,48H,5,7,11-12,17-18,20-21H2,1H3. The predicted molar refractivity (Wildman–Crippen MR) is 208 cm³/mol. The molecule has 2 aliphatic carbocycles. The van der Waals surface area contributed by atoms with Crippen molar-refractivity contribution in [2.75, 3.05) is 13.1 Å². The first-order chi connectivity index (χ1) is 26.3. The Bertz CT molecular complexity index is 2570. The van der Waals surface area contributed by atoms with Crippen molar-refractivity contribution in [3.05, 3.63) is 99.5 Å². The third-order valence-electron chi connectivity index (χ3n) is 12.1. The molecule has 6 heterocycles. The zero-order chi connectivity index (χ0) is 36.8. The molecule has 3 aliphatic heterocycles. The van der Waals surface area contributed by atoms with Gasteiger partial charge in [0, 0.05) is 76.1 Å². The molecule has 6 aromatic rings. The molecule has 5 unspecified atom stereocenters. The van der Waals surface area contributed by atoms with E-state index in [9.17, 15) is 10.1 Å². The van der Waals surface area contributed by atoms with Crippen LogP contribution in [0.5, 0.6) is 5.88 Å². The molecular formula is C43H37Cl2FN6O2. The van der Waals surface area contributed by atoms with Gasteiger partial charge in [0.2, 0.25) is 11.8 Å². The van der Waals surface area contributed by atoms with E-state index in [-0.39, 0.29) is 53.0 Å². The Morgan fingerprint density at radius 3 is 2.69 bits per heavy atom. The van der Waals surface area contributed by atoms with E-state index < -0.39 is 5.82 Å². The van der Waals surface area contributed by atoms with Crippen molar-refractivity contribution in [2.45, 2.75) is 69.7 Å². The fourth-order valence-corrected chi connectivity index (χ4v) is 9.75. The van der Waals surface area contributed by atoms with Crippen LogP contribution >= 0.6 is 23.2 Å². The molecule has 2 saturated carbocycles.